The van der Waals surface area contributed by atoms with Gasteiger partial charge in [0.25, 0.3) is 0 Å². The number of rotatable bonds is 2. The summed E-state index contributed by atoms with van der Waals surface area (Å²) in [5, 5.41) is 0.749. The molecule has 0 bridgehead atoms. The molecule has 2 heterocycles. The zero-order valence-corrected chi connectivity index (χ0v) is 11.1. The van der Waals surface area contributed by atoms with E-state index in [-0.39, 0.29) is 15.0 Å². The maximum absolute atomic E-state index is 5.86. The molecule has 0 aliphatic rings. The molecule has 0 radical (unpaired) electrons. The fourth-order valence-corrected chi connectivity index (χ4v) is 3.34. The first-order chi connectivity index (χ1) is 8.33. The van der Waals surface area contributed by atoms with Crippen molar-refractivity contribution in [3.8, 4) is 0 Å². The van der Waals surface area contributed by atoms with Gasteiger partial charge in [-0.15, -0.1) is 0 Å². The van der Waals surface area contributed by atoms with Crippen molar-refractivity contribution >= 4 is 46.8 Å². The molecule has 0 unspecified atom stereocenters. The monoisotopic (exact) mass is 310 g/mol. The first-order valence-electron chi connectivity index (χ1n) is 4.90. The number of imidazole rings is 1. The molecule has 2 aromatic heterocycles. The Balaban J connectivity index is 1.99. The topological polar surface area (TPSA) is 54.5 Å². The molecule has 17 heavy (non-hydrogen) atoms. The predicted molar refractivity (Wildman–Crippen MR) is 68.2 cm³/mol. The van der Waals surface area contributed by atoms with Crippen LogP contribution in [-0.4, -0.2) is 34.9 Å². The van der Waals surface area contributed by atoms with Gasteiger partial charge in [-0.05, 0) is 0 Å². The van der Waals surface area contributed by atoms with Gasteiger partial charge in [-0.3, -0.25) is 0 Å². The number of aromatic nitrogens is 4. The summed E-state index contributed by atoms with van der Waals surface area (Å²) in [5.74, 6) is 0. The summed E-state index contributed by atoms with van der Waals surface area (Å²) in [7, 11) is 0. The molecule has 0 fully saturated rings. The average Bonchev–Trinajstić information content (AvgIpc) is 2.81. The molecule has 0 atom stereocenters. The van der Waals surface area contributed by atoms with Crippen LogP contribution in [0.3, 0.4) is 0 Å². The number of aromatic amines is 1. The quantitative estimate of drug-likeness (QED) is 0.708. The van der Waals surface area contributed by atoms with Gasteiger partial charge < -0.3 is 0 Å². The third-order valence-electron chi connectivity index (χ3n) is 2.22. The molecule has 0 aliphatic carbocycles. The van der Waals surface area contributed by atoms with Gasteiger partial charge in [0.1, 0.15) is 0 Å². The number of benzene rings is 1. The molecule has 3 rings (SSSR count). The Kier molecular flexibility index (Phi) is 2.81. The van der Waals surface area contributed by atoms with Crippen molar-refractivity contribution in [2.24, 2.45) is 0 Å². The van der Waals surface area contributed by atoms with Crippen molar-refractivity contribution in [1.82, 2.24) is 19.9 Å². The molecule has 4 nitrogen and oxygen atoms in total. The average molecular weight is 310 g/mol. The Hall–Kier alpha value is -1.42. The molecule has 1 N–H and O–H groups in total. The van der Waals surface area contributed by atoms with Crippen LogP contribution in [0.4, 0.5) is 0 Å². The number of fused-ring (bicyclic) bond motifs is 1. The van der Waals surface area contributed by atoms with Crippen LogP contribution in [-0.2, 0) is 0 Å². The van der Waals surface area contributed by atoms with Crippen LogP contribution >= 0.6 is 11.6 Å². The Labute approximate surface area is 109 Å². The van der Waals surface area contributed by atoms with Crippen molar-refractivity contribution in [3.05, 3.63) is 41.9 Å². The Bertz CT molecular complexity index is 650. The zero-order chi connectivity index (χ0) is 11.7. The van der Waals surface area contributed by atoms with E-state index in [1.807, 2.05) is 24.3 Å². The van der Waals surface area contributed by atoms with Crippen LogP contribution in [0, 0.1) is 0 Å². The number of halogens is 1. The van der Waals surface area contributed by atoms with Gasteiger partial charge >= 0.3 is 109 Å². The number of hydrogen-bond acceptors (Lipinski definition) is 3. The van der Waals surface area contributed by atoms with Crippen molar-refractivity contribution in [1.29, 1.82) is 0 Å². The minimum atomic E-state index is 0.123. The predicted octanol–water partition coefficient (Wildman–Crippen LogP) is 0.661. The Morgan fingerprint density at radius 1 is 1.06 bits per heavy atom. The van der Waals surface area contributed by atoms with Crippen LogP contribution in [0.15, 0.2) is 36.9 Å². The number of nitrogens with one attached hydrogen (secondary N) is 1. The summed E-state index contributed by atoms with van der Waals surface area (Å²) in [6.45, 7) is 0. The van der Waals surface area contributed by atoms with Gasteiger partial charge in [-0.1, -0.05) is 0 Å². The van der Waals surface area contributed by atoms with E-state index in [0.717, 1.165) is 15.1 Å². The fourth-order valence-electron chi connectivity index (χ4n) is 1.43. The third kappa shape index (κ3) is 2.17. The van der Waals surface area contributed by atoms with Crippen LogP contribution < -0.4 is 9.05 Å². The van der Waals surface area contributed by atoms with Gasteiger partial charge in [0, 0.05) is 0 Å². The van der Waals surface area contributed by atoms with Gasteiger partial charge in [0.2, 0.25) is 0 Å². The summed E-state index contributed by atoms with van der Waals surface area (Å²) >= 11 is 5.98. The second-order valence-corrected chi connectivity index (χ2v) is 6.00. The second kappa shape index (κ2) is 4.45. The van der Waals surface area contributed by atoms with Gasteiger partial charge in [0.15, 0.2) is 0 Å². The molecular weight excluding hydrogens is 303 g/mol. The number of nitrogens with zero attached hydrogens (tertiary/aromatic N) is 3. The van der Waals surface area contributed by atoms with E-state index in [2.05, 4.69) is 19.9 Å². The molecule has 1 aromatic carbocycles. The van der Waals surface area contributed by atoms with E-state index in [4.69, 9.17) is 11.6 Å². The summed E-state index contributed by atoms with van der Waals surface area (Å²) in [5.41, 5.74) is 1.63. The van der Waals surface area contributed by atoms with Crippen molar-refractivity contribution < 1.29 is 0 Å². The standard InChI is InChI=1S/C11H7ClN4Se/c12-7-1-3-8(4-2-7)17-11-9-10(14-5-13-9)15-6-16-11/h1-6H,(H,13,14,15,16). The van der Waals surface area contributed by atoms with E-state index in [0.29, 0.717) is 5.65 Å². The molecular formula is C11H7ClN4Se. The Morgan fingerprint density at radius 3 is 2.71 bits per heavy atom. The summed E-state index contributed by atoms with van der Waals surface area (Å²) in [4.78, 5) is 15.6. The molecule has 0 saturated carbocycles. The number of hydrogen-bond donors (Lipinski definition) is 1. The first-order valence-corrected chi connectivity index (χ1v) is 6.99. The van der Waals surface area contributed by atoms with Gasteiger partial charge in [0.05, 0.1) is 0 Å². The first kappa shape index (κ1) is 10.7. The van der Waals surface area contributed by atoms with E-state index in [1.165, 1.54) is 4.46 Å². The number of H-pyrrole nitrogens is 1. The molecule has 0 aliphatic heterocycles. The summed E-state index contributed by atoms with van der Waals surface area (Å²) in [6, 6.07) is 7.83. The summed E-state index contributed by atoms with van der Waals surface area (Å²) in [6.07, 6.45) is 3.19. The second-order valence-electron chi connectivity index (χ2n) is 3.34. The summed E-state index contributed by atoms with van der Waals surface area (Å²) < 4.78 is 2.22. The molecule has 3 aromatic rings. The molecule has 6 heteroatoms. The van der Waals surface area contributed by atoms with Crippen molar-refractivity contribution in [2.75, 3.05) is 0 Å². The van der Waals surface area contributed by atoms with Crippen LogP contribution in [0.2, 0.25) is 5.02 Å². The molecule has 0 saturated heterocycles. The third-order valence-corrected chi connectivity index (χ3v) is 4.59. The zero-order valence-electron chi connectivity index (χ0n) is 8.59. The van der Waals surface area contributed by atoms with Gasteiger partial charge in [-0.25, -0.2) is 0 Å². The fraction of sp³-hybridized carbons (Fsp3) is 0. The Morgan fingerprint density at radius 2 is 1.88 bits per heavy atom. The van der Waals surface area contributed by atoms with Crippen molar-refractivity contribution in [3.63, 3.8) is 0 Å². The van der Waals surface area contributed by atoms with Crippen molar-refractivity contribution in [2.45, 2.75) is 0 Å². The molecule has 0 spiro atoms. The molecule has 0 amide bonds. The van der Waals surface area contributed by atoms with Crippen LogP contribution in [0.5, 0.6) is 0 Å². The minimum absolute atomic E-state index is 0.123. The SMILES string of the molecule is Clc1ccc([Se]c2ncnc3nc[nH]c23)cc1. The maximum atomic E-state index is 5.86. The van der Waals surface area contributed by atoms with Crippen LogP contribution in [0.1, 0.15) is 0 Å². The van der Waals surface area contributed by atoms with E-state index >= 15 is 0 Å². The normalized spacial score (nSPS) is 10.9. The van der Waals surface area contributed by atoms with E-state index in [9.17, 15) is 0 Å². The molecule has 84 valence electrons. The van der Waals surface area contributed by atoms with E-state index < -0.39 is 0 Å². The van der Waals surface area contributed by atoms with Gasteiger partial charge in [-0.2, -0.15) is 0 Å². The van der Waals surface area contributed by atoms with Crippen LogP contribution in [0.25, 0.3) is 11.2 Å². The van der Waals surface area contributed by atoms with E-state index in [1.54, 1.807) is 12.7 Å².